The largest absolute Gasteiger partial charge is 0.360 e. The lowest BCUT2D eigenvalue weighted by Gasteiger charge is -2.23. The molecule has 5 nitrogen and oxygen atoms in total. The van der Waals surface area contributed by atoms with Gasteiger partial charge in [-0.2, -0.15) is 0 Å². The Morgan fingerprint density at radius 1 is 1.37 bits per heavy atom. The molecule has 1 saturated carbocycles. The Bertz CT molecular complexity index is 509. The highest BCUT2D eigenvalue weighted by molar-refractivity contribution is 5.92. The second-order valence-electron chi connectivity index (χ2n) is 6.22. The number of fused-ring (bicyclic) bond motifs is 1. The number of hydrogen-bond acceptors (Lipinski definition) is 4. The van der Waals surface area contributed by atoms with Crippen LogP contribution >= 0.6 is 0 Å². The molecular formula is C14H19N3O2. The molecule has 0 spiro atoms. The van der Waals surface area contributed by atoms with Gasteiger partial charge in [-0.15, -0.1) is 0 Å². The average Bonchev–Trinajstić information content (AvgIpc) is 2.84. The van der Waals surface area contributed by atoms with Crippen LogP contribution in [0.4, 0.5) is 0 Å². The van der Waals surface area contributed by atoms with Crippen molar-refractivity contribution in [2.24, 2.45) is 5.92 Å². The zero-order chi connectivity index (χ0) is 13.0. The van der Waals surface area contributed by atoms with E-state index in [0.717, 1.165) is 31.8 Å². The van der Waals surface area contributed by atoms with E-state index >= 15 is 0 Å². The van der Waals surface area contributed by atoms with Gasteiger partial charge in [-0.05, 0) is 32.2 Å². The molecule has 3 aliphatic rings. The first-order valence-corrected chi connectivity index (χ1v) is 7.18. The number of carbonyl (C=O) groups is 1. The van der Waals surface area contributed by atoms with E-state index in [1.165, 1.54) is 12.8 Å². The summed E-state index contributed by atoms with van der Waals surface area (Å²) >= 11 is 0. The lowest BCUT2D eigenvalue weighted by Crippen LogP contribution is -2.39. The Balaban J connectivity index is 1.53. The van der Waals surface area contributed by atoms with Crippen LogP contribution in [0.3, 0.4) is 0 Å². The van der Waals surface area contributed by atoms with E-state index in [0.29, 0.717) is 23.6 Å². The topological polar surface area (TPSA) is 49.6 Å². The predicted octanol–water partition coefficient (Wildman–Crippen LogP) is 1.33. The summed E-state index contributed by atoms with van der Waals surface area (Å²) in [5, 5.41) is 3.98. The molecule has 0 unspecified atom stereocenters. The number of likely N-dealkylation sites (N-methyl/N-ethyl adjacent to an activating group) is 1. The first-order valence-electron chi connectivity index (χ1n) is 7.18. The van der Waals surface area contributed by atoms with Gasteiger partial charge in [-0.1, -0.05) is 5.16 Å². The summed E-state index contributed by atoms with van der Waals surface area (Å²) in [6.07, 6.45) is 3.46. The summed E-state index contributed by atoms with van der Waals surface area (Å²) in [6.45, 7) is 2.97. The fraction of sp³-hybridized carbons (Fsp3) is 0.714. The Morgan fingerprint density at radius 2 is 2.21 bits per heavy atom. The van der Waals surface area contributed by atoms with E-state index in [-0.39, 0.29) is 5.91 Å². The fourth-order valence-electron chi connectivity index (χ4n) is 3.52. The number of likely N-dealkylation sites (tertiary alicyclic amines) is 2. The van der Waals surface area contributed by atoms with Gasteiger partial charge >= 0.3 is 0 Å². The SMILES string of the molecule is CN1C[C@@H]2CCN(C(=O)c3cc(C4CC4)on3)[C@@H]2C1. The first-order chi connectivity index (χ1) is 9.22. The smallest absolute Gasteiger partial charge is 0.276 e. The summed E-state index contributed by atoms with van der Waals surface area (Å²) < 4.78 is 5.29. The number of amides is 1. The molecule has 4 rings (SSSR count). The van der Waals surface area contributed by atoms with Crippen LogP contribution < -0.4 is 0 Å². The third kappa shape index (κ3) is 1.87. The monoisotopic (exact) mass is 261 g/mol. The van der Waals surface area contributed by atoms with Gasteiger partial charge in [0.05, 0.1) is 0 Å². The zero-order valence-corrected chi connectivity index (χ0v) is 11.2. The van der Waals surface area contributed by atoms with Crippen molar-refractivity contribution in [1.29, 1.82) is 0 Å². The van der Waals surface area contributed by atoms with Crippen molar-refractivity contribution in [1.82, 2.24) is 15.0 Å². The minimum absolute atomic E-state index is 0.0541. The quantitative estimate of drug-likeness (QED) is 0.806. The molecule has 3 fully saturated rings. The molecule has 0 aromatic carbocycles. The predicted molar refractivity (Wildman–Crippen MR) is 68.9 cm³/mol. The highest BCUT2D eigenvalue weighted by Crippen LogP contribution is 2.40. The van der Waals surface area contributed by atoms with Gasteiger partial charge in [-0.25, -0.2) is 0 Å². The van der Waals surface area contributed by atoms with Crippen molar-refractivity contribution in [2.45, 2.75) is 31.2 Å². The van der Waals surface area contributed by atoms with Crippen LogP contribution in [0.5, 0.6) is 0 Å². The van der Waals surface area contributed by atoms with E-state index in [9.17, 15) is 4.79 Å². The van der Waals surface area contributed by atoms with Crippen molar-refractivity contribution in [3.63, 3.8) is 0 Å². The molecule has 1 aliphatic carbocycles. The Kier molecular flexibility index (Phi) is 2.45. The lowest BCUT2D eigenvalue weighted by atomic mass is 10.1. The normalized spacial score (nSPS) is 30.9. The Morgan fingerprint density at radius 3 is 3.00 bits per heavy atom. The van der Waals surface area contributed by atoms with E-state index in [1.54, 1.807) is 0 Å². The highest BCUT2D eigenvalue weighted by Gasteiger charge is 2.43. The molecule has 5 heteroatoms. The molecule has 19 heavy (non-hydrogen) atoms. The fourth-order valence-corrected chi connectivity index (χ4v) is 3.52. The van der Waals surface area contributed by atoms with Gasteiger partial charge in [0.2, 0.25) is 0 Å². The van der Waals surface area contributed by atoms with Crippen molar-refractivity contribution >= 4 is 5.91 Å². The van der Waals surface area contributed by atoms with Crippen LogP contribution in [0, 0.1) is 5.92 Å². The summed E-state index contributed by atoms with van der Waals surface area (Å²) in [4.78, 5) is 16.9. The molecule has 1 amide bonds. The molecule has 1 aromatic rings. The standard InChI is InChI=1S/C14H19N3O2/c1-16-7-10-4-5-17(12(10)8-16)14(18)11-6-13(19-15-11)9-2-3-9/h6,9-10,12H,2-5,7-8H2,1H3/t10-,12+/m0/s1. The first kappa shape index (κ1) is 11.5. The zero-order valence-electron chi connectivity index (χ0n) is 11.2. The summed E-state index contributed by atoms with van der Waals surface area (Å²) in [7, 11) is 2.13. The van der Waals surface area contributed by atoms with Crippen molar-refractivity contribution in [3.8, 4) is 0 Å². The summed E-state index contributed by atoms with van der Waals surface area (Å²) in [5.41, 5.74) is 0.497. The van der Waals surface area contributed by atoms with Crippen LogP contribution in [-0.2, 0) is 0 Å². The number of carbonyl (C=O) groups excluding carboxylic acids is 1. The number of aromatic nitrogens is 1. The van der Waals surface area contributed by atoms with Gasteiger partial charge < -0.3 is 14.3 Å². The van der Waals surface area contributed by atoms with Crippen LogP contribution in [0.1, 0.15) is 41.4 Å². The number of rotatable bonds is 2. The minimum Gasteiger partial charge on any atom is -0.360 e. The summed E-state index contributed by atoms with van der Waals surface area (Å²) in [5.74, 6) is 2.10. The second-order valence-corrected chi connectivity index (χ2v) is 6.22. The molecule has 1 aromatic heterocycles. The molecule has 102 valence electrons. The molecular weight excluding hydrogens is 242 g/mol. The maximum Gasteiger partial charge on any atom is 0.276 e. The van der Waals surface area contributed by atoms with Gasteiger partial charge in [0.15, 0.2) is 5.69 Å². The third-order valence-corrected chi connectivity index (χ3v) is 4.72. The van der Waals surface area contributed by atoms with Gasteiger partial charge in [0.25, 0.3) is 5.91 Å². The van der Waals surface area contributed by atoms with Crippen LogP contribution in [0.2, 0.25) is 0 Å². The number of nitrogens with zero attached hydrogens (tertiary/aromatic N) is 3. The van der Waals surface area contributed by atoms with Gasteiger partial charge in [0.1, 0.15) is 5.76 Å². The van der Waals surface area contributed by atoms with Crippen molar-refractivity contribution < 1.29 is 9.32 Å². The molecule has 2 saturated heterocycles. The highest BCUT2D eigenvalue weighted by atomic mass is 16.5. The molecule has 3 heterocycles. The summed E-state index contributed by atoms with van der Waals surface area (Å²) in [6, 6.07) is 2.23. The van der Waals surface area contributed by atoms with E-state index in [1.807, 2.05) is 11.0 Å². The second kappa shape index (κ2) is 4.07. The molecule has 0 N–H and O–H groups in total. The van der Waals surface area contributed by atoms with E-state index in [2.05, 4.69) is 17.1 Å². The molecule has 2 aliphatic heterocycles. The minimum atomic E-state index is 0.0541. The van der Waals surface area contributed by atoms with Crippen LogP contribution in [0.25, 0.3) is 0 Å². The third-order valence-electron chi connectivity index (χ3n) is 4.72. The Hall–Kier alpha value is -1.36. The van der Waals surface area contributed by atoms with Gasteiger partial charge in [0, 0.05) is 37.7 Å². The molecule has 2 atom stereocenters. The lowest BCUT2D eigenvalue weighted by molar-refractivity contribution is 0.0719. The molecule has 0 radical (unpaired) electrons. The van der Waals surface area contributed by atoms with E-state index < -0.39 is 0 Å². The maximum absolute atomic E-state index is 12.5. The Labute approximate surface area is 112 Å². The van der Waals surface area contributed by atoms with Crippen molar-refractivity contribution in [2.75, 3.05) is 26.7 Å². The maximum atomic E-state index is 12.5. The van der Waals surface area contributed by atoms with Crippen LogP contribution in [0.15, 0.2) is 10.6 Å². The van der Waals surface area contributed by atoms with Crippen LogP contribution in [-0.4, -0.2) is 53.6 Å². The average molecular weight is 261 g/mol. The number of hydrogen-bond donors (Lipinski definition) is 0. The molecule has 0 bridgehead atoms. The van der Waals surface area contributed by atoms with Gasteiger partial charge in [-0.3, -0.25) is 4.79 Å². The van der Waals surface area contributed by atoms with E-state index in [4.69, 9.17) is 4.52 Å². The van der Waals surface area contributed by atoms with Crippen molar-refractivity contribution in [3.05, 3.63) is 17.5 Å².